The standard InChI is InChI=1S/C68H116O6/c1-4-7-10-13-16-19-22-25-28-30-31-32-33-34-35-36-37-39-40-43-46-49-52-55-58-61-67(70)73-64-65(63-72-66(69)60-57-54-51-48-45-42-27-24-21-18-15-12-9-6-3)74-68(71)62-59-56-53-50-47-44-41-38-29-26-23-20-17-14-11-8-5-2/h8,11,15,17-18,20,24,26-27,29-31,41,44,50,53,65H,4-7,9-10,12-14,16,19,21-23,25,28,32-40,42-43,45-49,51-52,54-64H2,1-3H3/b11-8-,18-15-,20-17-,27-24-,29-26-,31-30-,44-41-,53-50-. The zero-order valence-corrected chi connectivity index (χ0v) is 48.6. The van der Waals surface area contributed by atoms with Crippen molar-refractivity contribution >= 4 is 17.9 Å². The van der Waals surface area contributed by atoms with E-state index < -0.39 is 6.10 Å². The number of rotatable bonds is 56. The van der Waals surface area contributed by atoms with Crippen LogP contribution in [0.25, 0.3) is 0 Å². The van der Waals surface area contributed by atoms with Gasteiger partial charge in [-0.2, -0.15) is 0 Å². The lowest BCUT2D eigenvalue weighted by molar-refractivity contribution is -0.167. The Balaban J connectivity index is 4.37. The molecule has 0 saturated heterocycles. The number of carbonyl (C=O) groups is 3. The molecule has 0 radical (unpaired) electrons. The summed E-state index contributed by atoms with van der Waals surface area (Å²) >= 11 is 0. The molecule has 0 aliphatic rings. The molecule has 0 aromatic rings. The van der Waals surface area contributed by atoms with E-state index in [1.165, 1.54) is 148 Å². The van der Waals surface area contributed by atoms with E-state index in [0.29, 0.717) is 19.3 Å². The maximum absolute atomic E-state index is 12.9. The molecule has 1 unspecified atom stereocenters. The van der Waals surface area contributed by atoms with E-state index in [-0.39, 0.29) is 37.5 Å². The molecule has 0 heterocycles. The molecule has 6 heteroatoms. The quantitative estimate of drug-likeness (QED) is 0.0261. The normalized spacial score (nSPS) is 12.7. The van der Waals surface area contributed by atoms with Gasteiger partial charge in [-0.3, -0.25) is 14.4 Å². The first-order valence-electron chi connectivity index (χ1n) is 31.2. The number of allylic oxidation sites excluding steroid dienone is 16. The van der Waals surface area contributed by atoms with E-state index in [9.17, 15) is 14.4 Å². The largest absolute Gasteiger partial charge is 0.462 e. The van der Waals surface area contributed by atoms with E-state index in [1.807, 2.05) is 0 Å². The van der Waals surface area contributed by atoms with Gasteiger partial charge in [0.25, 0.3) is 0 Å². The van der Waals surface area contributed by atoms with Gasteiger partial charge in [-0.25, -0.2) is 0 Å². The lowest BCUT2D eigenvalue weighted by atomic mass is 10.0. The van der Waals surface area contributed by atoms with Crippen molar-refractivity contribution in [3.63, 3.8) is 0 Å². The minimum atomic E-state index is -0.814. The van der Waals surface area contributed by atoms with Crippen LogP contribution >= 0.6 is 0 Å². The summed E-state index contributed by atoms with van der Waals surface area (Å²) in [6, 6.07) is 0. The van der Waals surface area contributed by atoms with Crippen LogP contribution in [0.3, 0.4) is 0 Å². The first-order chi connectivity index (χ1) is 36.5. The zero-order chi connectivity index (χ0) is 53.6. The van der Waals surface area contributed by atoms with Gasteiger partial charge in [0.1, 0.15) is 13.2 Å². The molecule has 0 aliphatic carbocycles. The van der Waals surface area contributed by atoms with E-state index in [1.54, 1.807) is 0 Å². The van der Waals surface area contributed by atoms with Gasteiger partial charge in [0.15, 0.2) is 6.10 Å². The highest BCUT2D eigenvalue weighted by Crippen LogP contribution is 2.16. The molecule has 424 valence electrons. The molecule has 1 atom stereocenters. The molecule has 0 amide bonds. The van der Waals surface area contributed by atoms with E-state index in [0.717, 1.165) is 103 Å². The smallest absolute Gasteiger partial charge is 0.306 e. The zero-order valence-electron chi connectivity index (χ0n) is 48.6. The van der Waals surface area contributed by atoms with Crippen LogP contribution in [-0.4, -0.2) is 37.2 Å². The lowest BCUT2D eigenvalue weighted by Crippen LogP contribution is -2.30. The summed E-state index contributed by atoms with van der Waals surface area (Å²) < 4.78 is 16.8. The predicted molar refractivity (Wildman–Crippen MR) is 320 cm³/mol. The Labute approximate surface area is 457 Å². The summed E-state index contributed by atoms with van der Waals surface area (Å²) in [7, 11) is 0. The Morgan fingerprint density at radius 1 is 0.284 bits per heavy atom. The van der Waals surface area contributed by atoms with Crippen molar-refractivity contribution in [2.45, 2.75) is 303 Å². The third-order valence-electron chi connectivity index (χ3n) is 13.3. The van der Waals surface area contributed by atoms with E-state index in [4.69, 9.17) is 14.2 Å². The van der Waals surface area contributed by atoms with Crippen LogP contribution < -0.4 is 0 Å². The van der Waals surface area contributed by atoms with Gasteiger partial charge in [-0.1, -0.05) is 266 Å². The van der Waals surface area contributed by atoms with Gasteiger partial charge in [0.05, 0.1) is 0 Å². The van der Waals surface area contributed by atoms with Crippen LogP contribution in [0.15, 0.2) is 97.2 Å². The minimum Gasteiger partial charge on any atom is -0.462 e. The van der Waals surface area contributed by atoms with Crippen molar-refractivity contribution < 1.29 is 28.6 Å². The Kier molecular flexibility index (Phi) is 58.8. The Morgan fingerprint density at radius 3 is 0.919 bits per heavy atom. The van der Waals surface area contributed by atoms with Gasteiger partial charge in [0, 0.05) is 19.3 Å². The molecule has 0 aromatic carbocycles. The van der Waals surface area contributed by atoms with Gasteiger partial charge in [-0.05, 0) is 109 Å². The van der Waals surface area contributed by atoms with Crippen LogP contribution in [0.2, 0.25) is 0 Å². The predicted octanol–water partition coefficient (Wildman–Crippen LogP) is 21.3. The molecule has 0 aliphatic heterocycles. The van der Waals surface area contributed by atoms with Crippen molar-refractivity contribution in [3.8, 4) is 0 Å². The second kappa shape index (κ2) is 61.9. The van der Waals surface area contributed by atoms with Gasteiger partial charge in [0.2, 0.25) is 0 Å². The number of esters is 3. The fourth-order valence-corrected chi connectivity index (χ4v) is 8.61. The fourth-order valence-electron chi connectivity index (χ4n) is 8.61. The maximum Gasteiger partial charge on any atom is 0.306 e. The highest BCUT2D eigenvalue weighted by Gasteiger charge is 2.19. The lowest BCUT2D eigenvalue weighted by Gasteiger charge is -2.18. The topological polar surface area (TPSA) is 78.9 Å². The van der Waals surface area contributed by atoms with Crippen LogP contribution in [0.5, 0.6) is 0 Å². The number of ether oxygens (including phenoxy) is 3. The first kappa shape index (κ1) is 70.3. The third-order valence-corrected chi connectivity index (χ3v) is 13.3. The summed E-state index contributed by atoms with van der Waals surface area (Å²) in [6.45, 7) is 6.45. The molecule has 0 aromatic heterocycles. The van der Waals surface area contributed by atoms with Crippen molar-refractivity contribution in [1.82, 2.24) is 0 Å². The van der Waals surface area contributed by atoms with Gasteiger partial charge in [-0.15, -0.1) is 0 Å². The number of carbonyl (C=O) groups excluding carboxylic acids is 3. The Hall–Kier alpha value is -3.67. The molecule has 0 saturated carbocycles. The summed E-state index contributed by atoms with van der Waals surface area (Å²) in [5, 5.41) is 0. The first-order valence-corrected chi connectivity index (χ1v) is 31.2. The number of hydrogen-bond acceptors (Lipinski definition) is 6. The molecule has 0 fully saturated rings. The summed E-state index contributed by atoms with van der Waals surface area (Å²) in [5.74, 6) is -0.971. The highest BCUT2D eigenvalue weighted by atomic mass is 16.6. The molecule has 0 spiro atoms. The van der Waals surface area contributed by atoms with Crippen molar-refractivity contribution in [2.24, 2.45) is 0 Å². The van der Waals surface area contributed by atoms with Crippen LogP contribution in [-0.2, 0) is 28.6 Å². The Bertz CT molecular complexity index is 1460. The molecule has 0 bridgehead atoms. The molecule has 74 heavy (non-hydrogen) atoms. The summed E-state index contributed by atoms with van der Waals surface area (Å²) in [5.41, 5.74) is 0. The van der Waals surface area contributed by atoms with Crippen LogP contribution in [0.4, 0.5) is 0 Å². The van der Waals surface area contributed by atoms with Crippen molar-refractivity contribution in [1.29, 1.82) is 0 Å². The van der Waals surface area contributed by atoms with Gasteiger partial charge < -0.3 is 14.2 Å². The molecule has 0 rings (SSSR count). The van der Waals surface area contributed by atoms with E-state index in [2.05, 4.69) is 118 Å². The minimum absolute atomic E-state index is 0.104. The van der Waals surface area contributed by atoms with Crippen molar-refractivity contribution in [2.75, 3.05) is 13.2 Å². The van der Waals surface area contributed by atoms with E-state index >= 15 is 0 Å². The average Bonchev–Trinajstić information content (AvgIpc) is 3.40. The summed E-state index contributed by atoms with van der Waals surface area (Å²) in [4.78, 5) is 38.2. The highest BCUT2D eigenvalue weighted by molar-refractivity contribution is 5.71. The van der Waals surface area contributed by atoms with Crippen LogP contribution in [0.1, 0.15) is 297 Å². The molecule has 0 N–H and O–H groups in total. The number of hydrogen-bond donors (Lipinski definition) is 0. The second-order valence-corrected chi connectivity index (χ2v) is 20.6. The fraction of sp³-hybridized carbons (Fsp3) is 0.721. The number of unbranched alkanes of at least 4 members (excludes halogenated alkanes) is 29. The Morgan fingerprint density at radius 2 is 0.554 bits per heavy atom. The monoisotopic (exact) mass is 1030 g/mol. The second-order valence-electron chi connectivity index (χ2n) is 20.6. The van der Waals surface area contributed by atoms with Gasteiger partial charge >= 0.3 is 17.9 Å². The maximum atomic E-state index is 12.9. The molecule has 6 nitrogen and oxygen atoms in total. The van der Waals surface area contributed by atoms with Crippen molar-refractivity contribution in [3.05, 3.63) is 97.2 Å². The molecular weight excluding hydrogens is 913 g/mol. The van der Waals surface area contributed by atoms with Crippen LogP contribution in [0, 0.1) is 0 Å². The summed E-state index contributed by atoms with van der Waals surface area (Å²) in [6.07, 6.45) is 82.8. The molecular formula is C68H116O6. The SMILES string of the molecule is CC/C=C\C/C=C\C/C=C\C/C=C\C/C=C\CCCC(=O)OC(COC(=O)CCCCCCC/C=C\C/C=C\CCCC)COC(=O)CCCCCCCCCCCCCCC/C=C\CCCCCCCCCC. The third kappa shape index (κ3) is 59.2. The average molecular weight is 1030 g/mol.